The molecular formula is C18H19NO3S. The molecule has 0 aromatic heterocycles. The molecule has 1 N–H and O–H groups in total. The molecule has 5 heteroatoms. The molecule has 1 heterocycles. The third-order valence-corrected chi connectivity index (χ3v) is 4.36. The first-order valence-corrected chi connectivity index (χ1v) is 8.79. The number of carbonyl (C=O) groups is 1. The Morgan fingerprint density at radius 2 is 1.83 bits per heavy atom. The van der Waals surface area contributed by atoms with E-state index in [-0.39, 0.29) is 5.91 Å². The highest BCUT2D eigenvalue weighted by Crippen LogP contribution is 2.31. The Morgan fingerprint density at radius 1 is 1.09 bits per heavy atom. The predicted molar refractivity (Wildman–Crippen MR) is 92.6 cm³/mol. The summed E-state index contributed by atoms with van der Waals surface area (Å²) in [5, 5.41) is 2.92. The normalized spacial score (nSPS) is 12.7. The predicted octanol–water partition coefficient (Wildman–Crippen LogP) is 3.75. The van der Waals surface area contributed by atoms with E-state index < -0.39 is 0 Å². The molecule has 1 aliphatic heterocycles. The van der Waals surface area contributed by atoms with Gasteiger partial charge in [0, 0.05) is 17.0 Å². The van der Waals surface area contributed by atoms with Crippen molar-refractivity contribution in [3.05, 3.63) is 48.0 Å². The second-order valence-electron chi connectivity index (χ2n) is 5.25. The van der Waals surface area contributed by atoms with Gasteiger partial charge < -0.3 is 14.8 Å². The van der Waals surface area contributed by atoms with Gasteiger partial charge in [0.05, 0.1) is 0 Å². The van der Waals surface area contributed by atoms with Crippen LogP contribution in [0.1, 0.15) is 12.0 Å². The van der Waals surface area contributed by atoms with Crippen molar-refractivity contribution in [2.24, 2.45) is 0 Å². The zero-order valence-corrected chi connectivity index (χ0v) is 13.8. The van der Waals surface area contributed by atoms with E-state index in [1.54, 1.807) is 11.8 Å². The lowest BCUT2D eigenvalue weighted by molar-refractivity contribution is -0.116. The van der Waals surface area contributed by atoms with E-state index in [9.17, 15) is 4.79 Å². The van der Waals surface area contributed by atoms with Crippen LogP contribution < -0.4 is 14.8 Å². The second-order valence-corrected chi connectivity index (χ2v) is 6.13. The Labute approximate surface area is 140 Å². The highest BCUT2D eigenvalue weighted by atomic mass is 32.2. The van der Waals surface area contributed by atoms with Crippen molar-refractivity contribution in [2.45, 2.75) is 17.7 Å². The Morgan fingerprint density at radius 3 is 2.57 bits per heavy atom. The van der Waals surface area contributed by atoms with Gasteiger partial charge in [0.25, 0.3) is 0 Å². The summed E-state index contributed by atoms with van der Waals surface area (Å²) >= 11 is 1.68. The highest BCUT2D eigenvalue weighted by Gasteiger charge is 2.12. The van der Waals surface area contributed by atoms with Crippen molar-refractivity contribution in [1.29, 1.82) is 0 Å². The largest absolute Gasteiger partial charge is 0.486 e. The smallest absolute Gasteiger partial charge is 0.224 e. The first-order valence-electron chi connectivity index (χ1n) is 7.57. The van der Waals surface area contributed by atoms with Crippen LogP contribution in [0.3, 0.4) is 0 Å². The lowest BCUT2D eigenvalue weighted by atomic mass is 10.1. The lowest BCUT2D eigenvalue weighted by Gasteiger charge is -2.18. The SMILES string of the molecule is CSc1ccc(NC(=O)CCc2ccc3c(c2)OCCO3)cc1. The number of thioether (sulfide) groups is 1. The summed E-state index contributed by atoms with van der Waals surface area (Å²) in [7, 11) is 0. The van der Waals surface area contributed by atoms with Gasteiger partial charge in [-0.3, -0.25) is 4.79 Å². The molecule has 3 rings (SSSR count). The van der Waals surface area contributed by atoms with E-state index in [4.69, 9.17) is 9.47 Å². The Bertz CT molecular complexity index is 685. The molecule has 0 fully saturated rings. The van der Waals surface area contributed by atoms with Gasteiger partial charge in [0.1, 0.15) is 13.2 Å². The monoisotopic (exact) mass is 329 g/mol. The summed E-state index contributed by atoms with van der Waals surface area (Å²) < 4.78 is 11.1. The van der Waals surface area contributed by atoms with Gasteiger partial charge >= 0.3 is 0 Å². The van der Waals surface area contributed by atoms with Crippen LogP contribution in [0.5, 0.6) is 11.5 Å². The molecule has 2 aromatic carbocycles. The molecule has 0 saturated carbocycles. The Kier molecular flexibility index (Phi) is 5.08. The van der Waals surface area contributed by atoms with Crippen molar-refractivity contribution in [3.63, 3.8) is 0 Å². The molecule has 0 spiro atoms. The number of anilines is 1. The summed E-state index contributed by atoms with van der Waals surface area (Å²) in [6, 6.07) is 13.7. The maximum atomic E-state index is 12.1. The van der Waals surface area contributed by atoms with Gasteiger partial charge in [-0.2, -0.15) is 0 Å². The van der Waals surface area contributed by atoms with Gasteiger partial charge in [-0.25, -0.2) is 0 Å². The van der Waals surface area contributed by atoms with Crippen molar-refractivity contribution >= 4 is 23.4 Å². The maximum absolute atomic E-state index is 12.1. The van der Waals surface area contributed by atoms with Crippen LogP contribution in [-0.2, 0) is 11.2 Å². The average molecular weight is 329 g/mol. The fraction of sp³-hybridized carbons (Fsp3) is 0.278. The molecule has 1 aliphatic rings. The fourth-order valence-electron chi connectivity index (χ4n) is 2.40. The molecule has 0 bridgehead atoms. The molecule has 0 saturated heterocycles. The Hall–Kier alpha value is -2.14. The average Bonchev–Trinajstić information content (AvgIpc) is 2.60. The molecule has 4 nitrogen and oxygen atoms in total. The number of carbonyl (C=O) groups excluding carboxylic acids is 1. The van der Waals surface area contributed by atoms with Gasteiger partial charge in [-0.15, -0.1) is 11.8 Å². The summed E-state index contributed by atoms with van der Waals surface area (Å²) in [5.41, 5.74) is 1.90. The molecule has 0 unspecified atom stereocenters. The molecule has 23 heavy (non-hydrogen) atoms. The van der Waals surface area contributed by atoms with Crippen molar-refractivity contribution in [2.75, 3.05) is 24.8 Å². The minimum atomic E-state index is 0.0109. The number of ether oxygens (including phenoxy) is 2. The maximum Gasteiger partial charge on any atom is 0.224 e. The third-order valence-electron chi connectivity index (χ3n) is 3.62. The van der Waals surface area contributed by atoms with E-state index >= 15 is 0 Å². The molecule has 0 atom stereocenters. The number of amides is 1. The van der Waals surface area contributed by atoms with Crippen LogP contribution in [-0.4, -0.2) is 25.4 Å². The number of nitrogens with one attached hydrogen (secondary N) is 1. The lowest BCUT2D eigenvalue weighted by Crippen LogP contribution is -2.15. The van der Waals surface area contributed by atoms with E-state index in [1.165, 1.54) is 4.90 Å². The van der Waals surface area contributed by atoms with E-state index in [2.05, 4.69) is 5.32 Å². The zero-order chi connectivity index (χ0) is 16.1. The summed E-state index contributed by atoms with van der Waals surface area (Å²) in [4.78, 5) is 13.2. The topological polar surface area (TPSA) is 47.6 Å². The van der Waals surface area contributed by atoms with Crippen LogP contribution in [0.25, 0.3) is 0 Å². The Balaban J connectivity index is 1.54. The first kappa shape index (κ1) is 15.7. The van der Waals surface area contributed by atoms with Crippen LogP contribution in [0.4, 0.5) is 5.69 Å². The van der Waals surface area contributed by atoms with Crippen LogP contribution in [0.2, 0.25) is 0 Å². The van der Waals surface area contributed by atoms with Crippen LogP contribution in [0, 0.1) is 0 Å². The number of rotatable bonds is 5. The van der Waals surface area contributed by atoms with Crippen molar-refractivity contribution < 1.29 is 14.3 Å². The van der Waals surface area contributed by atoms with E-state index in [1.807, 2.05) is 48.7 Å². The number of fused-ring (bicyclic) bond motifs is 1. The van der Waals surface area contributed by atoms with Gasteiger partial charge in [0.15, 0.2) is 11.5 Å². The van der Waals surface area contributed by atoms with Crippen LogP contribution >= 0.6 is 11.8 Å². The number of hydrogen-bond donors (Lipinski definition) is 1. The second kappa shape index (κ2) is 7.42. The van der Waals surface area contributed by atoms with Gasteiger partial charge in [-0.1, -0.05) is 6.07 Å². The fourth-order valence-corrected chi connectivity index (χ4v) is 2.81. The molecule has 120 valence electrons. The van der Waals surface area contributed by atoms with E-state index in [0.29, 0.717) is 26.1 Å². The summed E-state index contributed by atoms with van der Waals surface area (Å²) in [6.07, 6.45) is 3.14. The molecule has 2 aromatic rings. The van der Waals surface area contributed by atoms with Gasteiger partial charge in [-0.05, 0) is 54.6 Å². The highest BCUT2D eigenvalue weighted by molar-refractivity contribution is 7.98. The first-order chi connectivity index (χ1) is 11.2. The quantitative estimate of drug-likeness (QED) is 0.849. The van der Waals surface area contributed by atoms with Crippen molar-refractivity contribution in [3.8, 4) is 11.5 Å². The van der Waals surface area contributed by atoms with E-state index in [0.717, 1.165) is 22.7 Å². The number of aryl methyl sites for hydroxylation is 1. The number of hydrogen-bond acceptors (Lipinski definition) is 4. The van der Waals surface area contributed by atoms with Crippen molar-refractivity contribution in [1.82, 2.24) is 0 Å². The summed E-state index contributed by atoms with van der Waals surface area (Å²) in [5.74, 6) is 1.55. The molecule has 0 radical (unpaired) electrons. The summed E-state index contributed by atoms with van der Waals surface area (Å²) in [6.45, 7) is 1.16. The van der Waals surface area contributed by atoms with Crippen LogP contribution in [0.15, 0.2) is 47.4 Å². The molecular weight excluding hydrogens is 310 g/mol. The minimum Gasteiger partial charge on any atom is -0.486 e. The third kappa shape index (κ3) is 4.20. The standard InChI is InChI=1S/C18H19NO3S/c1-23-15-6-4-14(5-7-15)19-18(20)9-3-13-2-8-16-17(12-13)22-11-10-21-16/h2,4-8,12H,3,9-11H2,1H3,(H,19,20). The van der Waals surface area contributed by atoms with Gasteiger partial charge in [0.2, 0.25) is 5.91 Å². The zero-order valence-electron chi connectivity index (χ0n) is 13.0. The number of benzene rings is 2. The molecule has 0 aliphatic carbocycles. The molecule has 1 amide bonds. The minimum absolute atomic E-state index is 0.0109.